The molecule has 2 N–H and O–H groups in total. The minimum Gasteiger partial charge on any atom is -0.392 e. The Bertz CT molecular complexity index is 845. The first kappa shape index (κ1) is 17.4. The highest BCUT2D eigenvalue weighted by atomic mass is 35.5. The highest BCUT2D eigenvalue weighted by molar-refractivity contribution is 6.30. The number of benzene rings is 1. The normalized spacial score (nSPS) is 21.7. The van der Waals surface area contributed by atoms with Crippen molar-refractivity contribution in [2.45, 2.75) is 25.2 Å². The molecule has 1 aromatic heterocycles. The van der Waals surface area contributed by atoms with Crippen LogP contribution in [0.3, 0.4) is 0 Å². The molecule has 3 heterocycles. The van der Waals surface area contributed by atoms with Gasteiger partial charge in [-0.1, -0.05) is 11.6 Å². The van der Waals surface area contributed by atoms with Crippen LogP contribution in [0.2, 0.25) is 5.02 Å². The van der Waals surface area contributed by atoms with E-state index < -0.39 is 12.3 Å². The first-order chi connectivity index (χ1) is 12.5. The summed E-state index contributed by atoms with van der Waals surface area (Å²) < 4.78 is 0. The van der Waals surface area contributed by atoms with Crippen LogP contribution < -0.4 is 4.90 Å². The molecule has 2 aliphatic heterocycles. The first-order valence-electron chi connectivity index (χ1n) is 8.68. The van der Waals surface area contributed by atoms with Gasteiger partial charge in [-0.05, 0) is 42.7 Å². The summed E-state index contributed by atoms with van der Waals surface area (Å²) in [4.78, 5) is 20.6. The van der Waals surface area contributed by atoms with Crippen molar-refractivity contribution < 1.29 is 15.0 Å². The third-order valence-corrected chi connectivity index (χ3v) is 5.28. The maximum Gasteiger partial charge on any atom is 0.258 e. The SMILES string of the molecule is O=C1c2ccc(Cl)cc2CCN1c1cncc(C(O)N2CCC(O)C2)c1. The second kappa shape index (κ2) is 6.96. The molecule has 0 bridgehead atoms. The monoisotopic (exact) mass is 373 g/mol. The predicted octanol–water partition coefficient (Wildman–Crippen LogP) is 2.00. The second-order valence-electron chi connectivity index (χ2n) is 6.80. The van der Waals surface area contributed by atoms with Crippen LogP contribution in [0.4, 0.5) is 5.69 Å². The molecule has 2 unspecified atom stereocenters. The highest BCUT2D eigenvalue weighted by Gasteiger charge is 2.29. The highest BCUT2D eigenvalue weighted by Crippen LogP contribution is 2.29. The number of halogens is 1. The number of carbonyl (C=O) groups excluding carboxylic acids is 1. The Kier molecular flexibility index (Phi) is 4.67. The van der Waals surface area contributed by atoms with Gasteiger partial charge in [-0.3, -0.25) is 14.7 Å². The van der Waals surface area contributed by atoms with E-state index in [-0.39, 0.29) is 5.91 Å². The Balaban J connectivity index is 1.59. The molecule has 1 amide bonds. The van der Waals surface area contributed by atoms with Gasteiger partial charge in [0.05, 0.1) is 18.0 Å². The number of hydrogen-bond donors (Lipinski definition) is 2. The molecule has 4 rings (SSSR count). The van der Waals surface area contributed by atoms with Gasteiger partial charge in [0.1, 0.15) is 6.23 Å². The zero-order valence-electron chi connectivity index (χ0n) is 14.2. The van der Waals surface area contributed by atoms with Gasteiger partial charge in [0.25, 0.3) is 5.91 Å². The van der Waals surface area contributed by atoms with Gasteiger partial charge in [0, 0.05) is 42.0 Å². The zero-order chi connectivity index (χ0) is 18.3. The Morgan fingerprint density at radius 2 is 2.08 bits per heavy atom. The van der Waals surface area contributed by atoms with Crippen LogP contribution in [0.25, 0.3) is 0 Å². The minimum absolute atomic E-state index is 0.0899. The van der Waals surface area contributed by atoms with Crippen LogP contribution in [-0.2, 0) is 6.42 Å². The average Bonchev–Trinajstić information content (AvgIpc) is 3.08. The molecule has 0 spiro atoms. The van der Waals surface area contributed by atoms with E-state index in [4.69, 9.17) is 11.6 Å². The van der Waals surface area contributed by atoms with Crippen LogP contribution in [-0.4, -0.2) is 51.7 Å². The predicted molar refractivity (Wildman–Crippen MR) is 98.2 cm³/mol. The van der Waals surface area contributed by atoms with E-state index in [1.54, 1.807) is 40.4 Å². The van der Waals surface area contributed by atoms with Crippen LogP contribution >= 0.6 is 11.6 Å². The van der Waals surface area contributed by atoms with Crippen molar-refractivity contribution in [3.63, 3.8) is 0 Å². The van der Waals surface area contributed by atoms with E-state index >= 15 is 0 Å². The number of nitrogens with zero attached hydrogens (tertiary/aromatic N) is 3. The molecule has 0 saturated carbocycles. The molecule has 2 aliphatic rings. The fourth-order valence-corrected chi connectivity index (χ4v) is 3.83. The van der Waals surface area contributed by atoms with Gasteiger partial charge < -0.3 is 15.1 Å². The number of rotatable bonds is 3. The summed E-state index contributed by atoms with van der Waals surface area (Å²) >= 11 is 6.02. The van der Waals surface area contributed by atoms with Gasteiger partial charge in [0.2, 0.25) is 0 Å². The molecule has 136 valence electrons. The van der Waals surface area contributed by atoms with Crippen LogP contribution in [0.5, 0.6) is 0 Å². The van der Waals surface area contributed by atoms with E-state index in [1.807, 2.05) is 6.07 Å². The first-order valence-corrected chi connectivity index (χ1v) is 9.06. The Hall–Kier alpha value is -1.99. The molecule has 1 aromatic carbocycles. The number of carbonyl (C=O) groups is 1. The van der Waals surface area contributed by atoms with Crippen molar-refractivity contribution in [1.82, 2.24) is 9.88 Å². The smallest absolute Gasteiger partial charge is 0.258 e. The molecule has 1 saturated heterocycles. The molecule has 0 aliphatic carbocycles. The lowest BCUT2D eigenvalue weighted by Crippen LogP contribution is -2.38. The summed E-state index contributed by atoms with van der Waals surface area (Å²) in [6, 6.07) is 7.10. The van der Waals surface area contributed by atoms with Crippen molar-refractivity contribution in [3.8, 4) is 0 Å². The van der Waals surface area contributed by atoms with Crippen LogP contribution in [0, 0.1) is 0 Å². The number of aliphatic hydroxyl groups excluding tert-OH is 2. The molecule has 26 heavy (non-hydrogen) atoms. The average molecular weight is 374 g/mol. The summed E-state index contributed by atoms with van der Waals surface area (Å²) in [7, 11) is 0. The van der Waals surface area contributed by atoms with E-state index in [0.717, 1.165) is 5.56 Å². The van der Waals surface area contributed by atoms with E-state index in [0.29, 0.717) is 54.3 Å². The maximum absolute atomic E-state index is 12.9. The van der Waals surface area contributed by atoms with Crippen LogP contribution in [0.1, 0.15) is 34.1 Å². The Morgan fingerprint density at radius 1 is 1.23 bits per heavy atom. The summed E-state index contributed by atoms with van der Waals surface area (Å²) in [6.07, 6.45) is 3.34. The van der Waals surface area contributed by atoms with Crippen molar-refractivity contribution >= 4 is 23.2 Å². The lowest BCUT2D eigenvalue weighted by atomic mass is 9.98. The lowest BCUT2D eigenvalue weighted by molar-refractivity contribution is 0.0101. The molecular formula is C19H20ClN3O3. The number of likely N-dealkylation sites (tertiary alicyclic amines) is 1. The van der Waals surface area contributed by atoms with Gasteiger partial charge in [0.15, 0.2) is 0 Å². The second-order valence-corrected chi connectivity index (χ2v) is 7.23. The summed E-state index contributed by atoms with van der Waals surface area (Å²) in [5.74, 6) is -0.0899. The van der Waals surface area contributed by atoms with Gasteiger partial charge in [-0.15, -0.1) is 0 Å². The zero-order valence-corrected chi connectivity index (χ0v) is 14.9. The lowest BCUT2D eigenvalue weighted by Gasteiger charge is -2.29. The summed E-state index contributed by atoms with van der Waals surface area (Å²) in [6.45, 7) is 1.60. The molecule has 2 atom stereocenters. The Labute approximate surface area is 156 Å². The molecular weight excluding hydrogens is 354 g/mol. The summed E-state index contributed by atoms with van der Waals surface area (Å²) in [5.41, 5.74) is 2.88. The van der Waals surface area contributed by atoms with Crippen molar-refractivity contribution in [1.29, 1.82) is 0 Å². The molecule has 0 radical (unpaired) electrons. The topological polar surface area (TPSA) is 76.9 Å². The van der Waals surface area contributed by atoms with Crippen molar-refractivity contribution in [2.75, 3.05) is 24.5 Å². The largest absolute Gasteiger partial charge is 0.392 e. The maximum atomic E-state index is 12.9. The van der Waals surface area contributed by atoms with E-state index in [9.17, 15) is 15.0 Å². The van der Waals surface area contributed by atoms with Crippen LogP contribution in [0.15, 0.2) is 36.7 Å². The Morgan fingerprint density at radius 3 is 2.85 bits per heavy atom. The van der Waals surface area contributed by atoms with Gasteiger partial charge in [-0.2, -0.15) is 0 Å². The minimum atomic E-state index is -0.842. The van der Waals surface area contributed by atoms with Crippen molar-refractivity contribution in [3.05, 3.63) is 58.4 Å². The molecule has 1 fully saturated rings. The molecule has 6 nitrogen and oxygen atoms in total. The standard InChI is InChI=1S/C19H20ClN3O3/c20-14-1-2-17-12(7-14)3-6-23(19(17)26)15-8-13(9-21-10-15)18(25)22-5-4-16(24)11-22/h1-2,7-10,16,18,24-25H,3-6,11H2. The summed E-state index contributed by atoms with van der Waals surface area (Å²) in [5, 5.41) is 20.9. The number of aliphatic hydroxyl groups is 2. The van der Waals surface area contributed by atoms with Gasteiger partial charge >= 0.3 is 0 Å². The third-order valence-electron chi connectivity index (χ3n) is 5.04. The van der Waals surface area contributed by atoms with E-state index in [2.05, 4.69) is 4.98 Å². The third kappa shape index (κ3) is 3.21. The number of β-amino-alcohol motifs (C(OH)–C–C–N with tert-alkyl or cyclic N) is 1. The molecule has 2 aromatic rings. The fraction of sp³-hybridized carbons (Fsp3) is 0.368. The number of anilines is 1. The van der Waals surface area contributed by atoms with E-state index in [1.165, 1.54) is 0 Å². The number of hydrogen-bond acceptors (Lipinski definition) is 5. The quantitative estimate of drug-likeness (QED) is 0.860. The van der Waals surface area contributed by atoms with Crippen molar-refractivity contribution in [2.24, 2.45) is 0 Å². The number of pyridine rings is 1. The van der Waals surface area contributed by atoms with Gasteiger partial charge in [-0.25, -0.2) is 0 Å². The number of aromatic nitrogens is 1. The fourth-order valence-electron chi connectivity index (χ4n) is 3.64. The molecule has 7 heteroatoms. The number of fused-ring (bicyclic) bond motifs is 1. The number of amides is 1.